The molecule has 1 aliphatic heterocycles. The Bertz CT molecular complexity index is 1060. The second kappa shape index (κ2) is 9.32. The van der Waals surface area contributed by atoms with Gasteiger partial charge < -0.3 is 21.3 Å². The third-order valence-electron chi connectivity index (χ3n) is 5.55. The fourth-order valence-corrected chi connectivity index (χ4v) is 3.90. The average molecular weight is 437 g/mol. The van der Waals surface area contributed by atoms with Crippen molar-refractivity contribution in [2.24, 2.45) is 5.73 Å². The van der Waals surface area contributed by atoms with Crippen LogP contribution in [0.3, 0.4) is 0 Å². The van der Waals surface area contributed by atoms with Gasteiger partial charge in [-0.3, -0.25) is 4.79 Å². The number of halogens is 1. The van der Waals surface area contributed by atoms with Crippen molar-refractivity contribution in [2.75, 3.05) is 30.8 Å². The minimum absolute atomic E-state index is 0.336. The summed E-state index contributed by atoms with van der Waals surface area (Å²) in [5.41, 5.74) is 8.59. The Morgan fingerprint density at radius 2 is 1.81 bits per heavy atom. The van der Waals surface area contributed by atoms with Crippen LogP contribution in [0.5, 0.6) is 0 Å². The number of piperidine rings is 1. The van der Waals surface area contributed by atoms with Crippen molar-refractivity contribution in [1.82, 2.24) is 14.9 Å². The van der Waals surface area contributed by atoms with E-state index >= 15 is 0 Å². The Kier molecular flexibility index (Phi) is 6.34. The van der Waals surface area contributed by atoms with Gasteiger partial charge in [-0.05, 0) is 68.7 Å². The quantitative estimate of drug-likeness (QED) is 0.525. The van der Waals surface area contributed by atoms with Gasteiger partial charge in [-0.15, -0.1) is 0 Å². The minimum Gasteiger partial charge on any atom is -0.366 e. The van der Waals surface area contributed by atoms with Crippen LogP contribution in [0.1, 0.15) is 34.7 Å². The molecule has 1 aliphatic rings. The molecular formula is C23H25ClN6O. The Balaban J connectivity index is 1.48. The van der Waals surface area contributed by atoms with E-state index in [0.717, 1.165) is 18.8 Å². The predicted octanol–water partition coefficient (Wildman–Crippen LogP) is 4.53. The summed E-state index contributed by atoms with van der Waals surface area (Å²) in [4.78, 5) is 22.8. The zero-order valence-electron chi connectivity index (χ0n) is 17.3. The number of carbonyl (C=O) groups excluding carboxylic acids is 1. The molecule has 2 aromatic carbocycles. The largest absolute Gasteiger partial charge is 0.366 e. The molecule has 0 spiro atoms. The van der Waals surface area contributed by atoms with Gasteiger partial charge in [-0.25, -0.2) is 4.98 Å². The number of hydrogen-bond acceptors (Lipinski definition) is 6. The van der Waals surface area contributed by atoms with Crippen LogP contribution in [0.2, 0.25) is 5.02 Å². The van der Waals surface area contributed by atoms with Gasteiger partial charge in [-0.1, -0.05) is 35.9 Å². The summed E-state index contributed by atoms with van der Waals surface area (Å²) in [7, 11) is 2.17. The van der Waals surface area contributed by atoms with Gasteiger partial charge in [0.2, 0.25) is 5.95 Å². The topological polar surface area (TPSA) is 96.2 Å². The van der Waals surface area contributed by atoms with Gasteiger partial charge in [0.15, 0.2) is 5.82 Å². The van der Waals surface area contributed by atoms with Crippen LogP contribution < -0.4 is 16.4 Å². The van der Waals surface area contributed by atoms with Crippen LogP contribution in [-0.4, -0.2) is 40.9 Å². The van der Waals surface area contributed by atoms with Gasteiger partial charge in [0.25, 0.3) is 5.91 Å². The third kappa shape index (κ3) is 5.13. The summed E-state index contributed by atoms with van der Waals surface area (Å²) in [6.45, 7) is 2.27. The van der Waals surface area contributed by atoms with Crippen LogP contribution in [0, 0.1) is 0 Å². The minimum atomic E-state index is -0.531. The SMILES string of the molecule is CN1CCC(c2ccc(Nc3ncc(Cl)c(Nc4ccccc4C(N)=O)n3)cc2)CC1. The molecule has 8 heteroatoms. The monoisotopic (exact) mass is 436 g/mol. The van der Waals surface area contributed by atoms with E-state index in [4.69, 9.17) is 17.3 Å². The molecule has 4 rings (SSSR count). The van der Waals surface area contributed by atoms with E-state index in [1.54, 1.807) is 24.3 Å². The highest BCUT2D eigenvalue weighted by Crippen LogP contribution is 2.30. The lowest BCUT2D eigenvalue weighted by atomic mass is 9.89. The first-order chi connectivity index (χ1) is 15.0. The maximum atomic E-state index is 11.7. The molecule has 31 heavy (non-hydrogen) atoms. The van der Waals surface area contributed by atoms with Crippen LogP contribution in [0.25, 0.3) is 0 Å². The molecule has 4 N–H and O–H groups in total. The number of nitrogens with zero attached hydrogens (tertiary/aromatic N) is 3. The van der Waals surface area contributed by atoms with Crippen LogP contribution in [-0.2, 0) is 0 Å². The highest BCUT2D eigenvalue weighted by atomic mass is 35.5. The number of hydrogen-bond donors (Lipinski definition) is 3. The molecule has 0 unspecified atom stereocenters. The summed E-state index contributed by atoms with van der Waals surface area (Å²) in [5.74, 6) is 0.862. The van der Waals surface area contributed by atoms with Crippen molar-refractivity contribution in [3.8, 4) is 0 Å². The first-order valence-electron chi connectivity index (χ1n) is 10.2. The van der Waals surface area contributed by atoms with Crippen LogP contribution >= 0.6 is 11.6 Å². The summed E-state index contributed by atoms with van der Waals surface area (Å²) in [5, 5.41) is 6.62. The Morgan fingerprint density at radius 1 is 1.10 bits per heavy atom. The van der Waals surface area contributed by atoms with Crippen molar-refractivity contribution in [3.63, 3.8) is 0 Å². The third-order valence-corrected chi connectivity index (χ3v) is 5.82. The van der Waals surface area contributed by atoms with Crippen molar-refractivity contribution in [1.29, 1.82) is 0 Å². The highest BCUT2D eigenvalue weighted by molar-refractivity contribution is 6.33. The van der Waals surface area contributed by atoms with E-state index in [2.05, 4.69) is 44.7 Å². The number of amides is 1. The molecular weight excluding hydrogens is 412 g/mol. The molecule has 1 aromatic heterocycles. The van der Waals surface area contributed by atoms with Crippen LogP contribution in [0.15, 0.2) is 54.7 Å². The summed E-state index contributed by atoms with van der Waals surface area (Å²) in [6.07, 6.45) is 3.88. The lowest BCUT2D eigenvalue weighted by Gasteiger charge is -2.29. The van der Waals surface area contributed by atoms with Crippen LogP contribution in [0.4, 0.5) is 23.1 Å². The number of anilines is 4. The van der Waals surface area contributed by atoms with Crippen molar-refractivity contribution < 1.29 is 4.79 Å². The van der Waals surface area contributed by atoms with Gasteiger partial charge >= 0.3 is 0 Å². The Hall–Kier alpha value is -3.16. The van der Waals surface area contributed by atoms with E-state index in [1.807, 2.05) is 12.1 Å². The first-order valence-corrected chi connectivity index (χ1v) is 10.6. The smallest absolute Gasteiger partial charge is 0.250 e. The molecule has 1 fully saturated rings. The maximum absolute atomic E-state index is 11.7. The van der Waals surface area contributed by atoms with E-state index < -0.39 is 5.91 Å². The standard InChI is InChI=1S/C23H25ClN6O/c1-30-12-10-16(11-13-30)15-6-8-17(9-7-15)27-23-26-14-19(24)22(29-23)28-20-5-3-2-4-18(20)21(25)31/h2-9,14,16H,10-13H2,1H3,(H2,25,31)(H2,26,27,28,29). The second-order valence-electron chi connectivity index (χ2n) is 7.75. The van der Waals surface area contributed by atoms with Gasteiger partial charge in [0.1, 0.15) is 5.02 Å². The number of nitrogens with two attached hydrogens (primary N) is 1. The number of rotatable bonds is 6. The lowest BCUT2D eigenvalue weighted by molar-refractivity contribution is 0.100. The Morgan fingerprint density at radius 3 is 2.52 bits per heavy atom. The van der Waals surface area contributed by atoms with Gasteiger partial charge in [-0.2, -0.15) is 4.98 Å². The molecule has 3 aromatic rings. The fourth-order valence-electron chi connectivity index (χ4n) is 3.76. The van der Waals surface area contributed by atoms with Gasteiger partial charge in [0, 0.05) is 5.69 Å². The summed E-state index contributed by atoms with van der Waals surface area (Å²) < 4.78 is 0. The summed E-state index contributed by atoms with van der Waals surface area (Å²) >= 11 is 6.26. The zero-order chi connectivity index (χ0) is 21.8. The zero-order valence-corrected chi connectivity index (χ0v) is 18.1. The molecule has 160 valence electrons. The molecule has 1 saturated heterocycles. The molecule has 0 aliphatic carbocycles. The number of nitrogens with one attached hydrogen (secondary N) is 2. The number of carbonyl (C=O) groups is 1. The highest BCUT2D eigenvalue weighted by Gasteiger charge is 2.18. The molecule has 7 nitrogen and oxygen atoms in total. The molecule has 2 heterocycles. The van der Waals surface area contributed by atoms with E-state index in [0.29, 0.717) is 34.0 Å². The van der Waals surface area contributed by atoms with Crippen molar-refractivity contribution >= 4 is 40.6 Å². The predicted molar refractivity (Wildman–Crippen MR) is 124 cm³/mol. The van der Waals surface area contributed by atoms with Gasteiger partial charge in [0.05, 0.1) is 17.4 Å². The lowest BCUT2D eigenvalue weighted by Crippen LogP contribution is -2.29. The molecule has 0 bridgehead atoms. The number of aromatic nitrogens is 2. The average Bonchev–Trinajstić information content (AvgIpc) is 2.77. The molecule has 0 atom stereocenters. The second-order valence-corrected chi connectivity index (χ2v) is 8.16. The van der Waals surface area contributed by atoms with E-state index in [-0.39, 0.29) is 0 Å². The number of primary amides is 1. The Labute approximate surface area is 186 Å². The van der Waals surface area contributed by atoms with E-state index in [9.17, 15) is 4.79 Å². The fraction of sp³-hybridized carbons (Fsp3) is 0.261. The van der Waals surface area contributed by atoms with Crippen molar-refractivity contribution in [2.45, 2.75) is 18.8 Å². The summed E-state index contributed by atoms with van der Waals surface area (Å²) in [6, 6.07) is 15.3. The molecule has 0 radical (unpaired) electrons. The number of benzene rings is 2. The number of likely N-dealkylation sites (tertiary alicyclic amines) is 1. The van der Waals surface area contributed by atoms with Crippen molar-refractivity contribution in [3.05, 3.63) is 70.9 Å². The number of para-hydroxylation sites is 1. The van der Waals surface area contributed by atoms with E-state index in [1.165, 1.54) is 24.6 Å². The maximum Gasteiger partial charge on any atom is 0.250 e. The molecule has 0 saturated carbocycles. The normalized spacial score (nSPS) is 14.9. The molecule has 1 amide bonds. The first kappa shape index (κ1) is 21.1.